The predicted octanol–water partition coefficient (Wildman–Crippen LogP) is 2.47. The maximum atomic E-state index is 13.0. The fourth-order valence-electron chi connectivity index (χ4n) is 3.58. The molecule has 2 aromatic rings. The predicted molar refractivity (Wildman–Crippen MR) is 123 cm³/mol. The number of carbonyl (C=O) groups is 1. The first kappa shape index (κ1) is 24.3. The summed E-state index contributed by atoms with van der Waals surface area (Å²) < 4.78 is 39.1. The lowest BCUT2D eigenvalue weighted by atomic mass is 10.1. The molecule has 0 atom stereocenters. The second kappa shape index (κ2) is 11.0. The van der Waals surface area contributed by atoms with Crippen molar-refractivity contribution in [3.05, 3.63) is 58.6 Å². The summed E-state index contributed by atoms with van der Waals surface area (Å²) in [5.74, 6) is 0.923. The Hall–Kier alpha value is -2.33. The van der Waals surface area contributed by atoms with Gasteiger partial charge in [0.1, 0.15) is 0 Å². The fourth-order valence-corrected chi connectivity index (χ4v) is 5.43. The van der Waals surface area contributed by atoms with Crippen LogP contribution in [0.2, 0.25) is 5.02 Å². The lowest BCUT2D eigenvalue weighted by Gasteiger charge is -2.34. The molecule has 1 amide bonds. The standard InChI is InChI=1S/C22H28ClN3O5S/c1-30-20-8-7-17(14-21(20)31-2)9-10-24-22(27)16-26-12-4-11-25(32(26,28)29)15-18-5-3-6-19(23)13-18/h3,5-8,13-14H,4,9-12,15-16H2,1-2H3,(H,24,27). The third-order valence-electron chi connectivity index (χ3n) is 5.22. The van der Waals surface area contributed by atoms with Gasteiger partial charge in [0.05, 0.1) is 20.8 Å². The molecule has 1 N–H and O–H groups in total. The van der Waals surface area contributed by atoms with Crippen LogP contribution in [0.25, 0.3) is 0 Å². The van der Waals surface area contributed by atoms with E-state index in [2.05, 4.69) is 5.32 Å². The van der Waals surface area contributed by atoms with E-state index >= 15 is 0 Å². The van der Waals surface area contributed by atoms with Crippen molar-refractivity contribution in [3.63, 3.8) is 0 Å². The summed E-state index contributed by atoms with van der Waals surface area (Å²) in [4.78, 5) is 12.4. The number of amides is 1. The number of ether oxygens (including phenoxy) is 2. The van der Waals surface area contributed by atoms with E-state index in [4.69, 9.17) is 21.1 Å². The van der Waals surface area contributed by atoms with Gasteiger partial charge >= 0.3 is 0 Å². The van der Waals surface area contributed by atoms with Gasteiger partial charge in [0.2, 0.25) is 5.91 Å². The molecule has 0 radical (unpaired) electrons. The number of hydrogen-bond donors (Lipinski definition) is 1. The second-order valence-corrected chi connectivity index (χ2v) is 9.81. The molecule has 0 spiro atoms. The SMILES string of the molecule is COc1ccc(CCNC(=O)CN2CCCN(Cc3cccc(Cl)c3)S2(=O)=O)cc1OC. The summed E-state index contributed by atoms with van der Waals surface area (Å²) in [5, 5.41) is 3.36. The first-order valence-corrected chi connectivity index (χ1v) is 12.1. The van der Waals surface area contributed by atoms with Gasteiger partial charge in [-0.25, -0.2) is 0 Å². The molecule has 0 saturated carbocycles. The maximum Gasteiger partial charge on any atom is 0.282 e. The van der Waals surface area contributed by atoms with Gasteiger partial charge in [-0.15, -0.1) is 0 Å². The number of methoxy groups -OCH3 is 2. The third-order valence-corrected chi connectivity index (χ3v) is 7.38. The molecule has 0 aliphatic carbocycles. The van der Waals surface area contributed by atoms with E-state index in [-0.39, 0.29) is 19.0 Å². The highest BCUT2D eigenvalue weighted by Crippen LogP contribution is 2.27. The van der Waals surface area contributed by atoms with Crippen LogP contribution in [-0.4, -0.2) is 63.3 Å². The number of benzene rings is 2. The Kier molecular flexibility index (Phi) is 8.36. The van der Waals surface area contributed by atoms with Crippen molar-refractivity contribution >= 4 is 27.7 Å². The number of nitrogens with one attached hydrogen (secondary N) is 1. The fraction of sp³-hybridized carbons (Fsp3) is 0.409. The van der Waals surface area contributed by atoms with Gasteiger partial charge in [0, 0.05) is 31.2 Å². The molecule has 1 aliphatic rings. The van der Waals surface area contributed by atoms with Crippen molar-refractivity contribution in [1.82, 2.24) is 13.9 Å². The lowest BCUT2D eigenvalue weighted by Crippen LogP contribution is -2.52. The highest BCUT2D eigenvalue weighted by Gasteiger charge is 2.34. The van der Waals surface area contributed by atoms with Crippen LogP contribution in [0.4, 0.5) is 0 Å². The maximum absolute atomic E-state index is 13.0. The topological polar surface area (TPSA) is 88.2 Å². The highest BCUT2D eigenvalue weighted by atomic mass is 35.5. The molecule has 3 rings (SSSR count). The first-order valence-electron chi connectivity index (χ1n) is 10.3. The molecule has 174 valence electrons. The van der Waals surface area contributed by atoms with Crippen LogP contribution < -0.4 is 14.8 Å². The summed E-state index contributed by atoms with van der Waals surface area (Å²) in [7, 11) is -0.592. The molecule has 0 unspecified atom stereocenters. The Morgan fingerprint density at radius 2 is 1.78 bits per heavy atom. The van der Waals surface area contributed by atoms with Gasteiger partial charge in [-0.05, 0) is 48.2 Å². The Labute approximate surface area is 194 Å². The van der Waals surface area contributed by atoms with E-state index in [0.29, 0.717) is 49.0 Å². The zero-order valence-corrected chi connectivity index (χ0v) is 19.8. The number of hydrogen-bond acceptors (Lipinski definition) is 5. The minimum Gasteiger partial charge on any atom is -0.493 e. The monoisotopic (exact) mass is 481 g/mol. The van der Waals surface area contributed by atoms with Crippen LogP contribution in [0.15, 0.2) is 42.5 Å². The zero-order valence-electron chi connectivity index (χ0n) is 18.2. The Morgan fingerprint density at radius 3 is 2.50 bits per heavy atom. The van der Waals surface area contributed by atoms with E-state index in [1.54, 1.807) is 32.4 Å². The van der Waals surface area contributed by atoms with E-state index in [0.717, 1.165) is 11.1 Å². The van der Waals surface area contributed by atoms with Crippen molar-refractivity contribution in [2.75, 3.05) is 40.4 Å². The minimum absolute atomic E-state index is 0.208. The molecule has 1 heterocycles. The molecule has 0 aromatic heterocycles. The molecule has 2 aromatic carbocycles. The molecular weight excluding hydrogens is 454 g/mol. The molecule has 10 heteroatoms. The van der Waals surface area contributed by atoms with Gasteiger partial charge < -0.3 is 14.8 Å². The Bertz CT molecular complexity index is 1050. The molecular formula is C22H28ClN3O5S. The van der Waals surface area contributed by atoms with Gasteiger partial charge in [-0.1, -0.05) is 29.8 Å². The van der Waals surface area contributed by atoms with Gasteiger partial charge in [-0.3, -0.25) is 4.79 Å². The van der Waals surface area contributed by atoms with Crippen molar-refractivity contribution in [2.24, 2.45) is 0 Å². The summed E-state index contributed by atoms with van der Waals surface area (Å²) in [6.45, 7) is 1.12. The number of halogens is 1. The van der Waals surface area contributed by atoms with E-state index < -0.39 is 10.2 Å². The number of nitrogens with zero attached hydrogens (tertiary/aromatic N) is 2. The summed E-state index contributed by atoms with van der Waals surface area (Å²) in [6, 6.07) is 12.7. The molecule has 8 nitrogen and oxygen atoms in total. The van der Waals surface area contributed by atoms with Crippen LogP contribution in [0.5, 0.6) is 11.5 Å². The number of rotatable bonds is 9. The first-order chi connectivity index (χ1) is 15.3. The number of carbonyl (C=O) groups excluding carboxylic acids is 1. The van der Waals surface area contributed by atoms with Gasteiger partial charge in [0.15, 0.2) is 11.5 Å². The zero-order chi connectivity index (χ0) is 23.1. The van der Waals surface area contributed by atoms with Crippen molar-refractivity contribution in [3.8, 4) is 11.5 Å². The minimum atomic E-state index is -3.73. The highest BCUT2D eigenvalue weighted by molar-refractivity contribution is 7.86. The normalized spacial score (nSPS) is 16.5. The molecule has 1 aliphatic heterocycles. The molecule has 1 saturated heterocycles. The van der Waals surface area contributed by atoms with Crippen molar-refractivity contribution < 1.29 is 22.7 Å². The second-order valence-electron chi connectivity index (χ2n) is 7.45. The van der Waals surface area contributed by atoms with Crippen LogP contribution in [-0.2, 0) is 28.0 Å². The van der Waals surface area contributed by atoms with Crippen LogP contribution in [0.3, 0.4) is 0 Å². The summed E-state index contributed by atoms with van der Waals surface area (Å²) in [6.07, 6.45) is 1.23. The summed E-state index contributed by atoms with van der Waals surface area (Å²) >= 11 is 6.01. The third kappa shape index (κ3) is 6.13. The summed E-state index contributed by atoms with van der Waals surface area (Å²) in [5.41, 5.74) is 1.78. The lowest BCUT2D eigenvalue weighted by molar-refractivity contribution is -0.121. The average Bonchev–Trinajstić information content (AvgIpc) is 2.76. The molecule has 0 bridgehead atoms. The quantitative estimate of drug-likeness (QED) is 0.594. The van der Waals surface area contributed by atoms with Crippen molar-refractivity contribution in [2.45, 2.75) is 19.4 Å². The van der Waals surface area contributed by atoms with Crippen LogP contribution in [0.1, 0.15) is 17.5 Å². The van der Waals surface area contributed by atoms with E-state index in [1.807, 2.05) is 24.3 Å². The van der Waals surface area contributed by atoms with Crippen LogP contribution in [0, 0.1) is 0 Å². The van der Waals surface area contributed by atoms with E-state index in [1.165, 1.54) is 8.61 Å². The van der Waals surface area contributed by atoms with E-state index in [9.17, 15) is 13.2 Å². The average molecular weight is 482 g/mol. The van der Waals surface area contributed by atoms with Gasteiger partial charge in [0.25, 0.3) is 10.2 Å². The largest absolute Gasteiger partial charge is 0.493 e. The van der Waals surface area contributed by atoms with Crippen molar-refractivity contribution in [1.29, 1.82) is 0 Å². The van der Waals surface area contributed by atoms with Crippen LogP contribution >= 0.6 is 11.6 Å². The smallest absolute Gasteiger partial charge is 0.282 e. The Morgan fingerprint density at radius 1 is 1.03 bits per heavy atom. The molecule has 32 heavy (non-hydrogen) atoms. The molecule has 1 fully saturated rings. The van der Waals surface area contributed by atoms with Gasteiger partial charge in [-0.2, -0.15) is 17.0 Å². The Balaban J connectivity index is 1.54.